The maximum absolute atomic E-state index is 13.4. The highest BCUT2D eigenvalue weighted by Gasteiger charge is 2.35. The zero-order chi connectivity index (χ0) is 16.4. The summed E-state index contributed by atoms with van der Waals surface area (Å²) in [6.45, 7) is 0. The van der Waals surface area contributed by atoms with E-state index in [0.29, 0.717) is 0 Å². The molecule has 1 spiro atoms. The van der Waals surface area contributed by atoms with Crippen LogP contribution in [0.5, 0.6) is 0 Å². The minimum atomic E-state index is -0.176. The Labute approximate surface area is 146 Å². The molecule has 2 aromatic carbocycles. The molecule has 0 bridgehead atoms. The molecule has 0 saturated heterocycles. The second-order valence-electron chi connectivity index (χ2n) is 6.60. The summed E-state index contributed by atoms with van der Waals surface area (Å²) in [5.74, 6) is 0.561. The van der Waals surface area contributed by atoms with E-state index in [1.165, 1.54) is 31.0 Å². The average molecular weight is 340 g/mol. The number of benzene rings is 2. The molecule has 0 amide bonds. The van der Waals surface area contributed by atoms with Gasteiger partial charge in [-0.25, -0.2) is 9.38 Å². The largest absolute Gasteiger partial charge is 0.361 e. The van der Waals surface area contributed by atoms with Crippen molar-refractivity contribution in [1.29, 1.82) is 0 Å². The Morgan fingerprint density at radius 2 is 1.88 bits per heavy atom. The molecule has 4 heteroatoms. The zero-order valence-corrected chi connectivity index (χ0v) is 14.4. The summed E-state index contributed by atoms with van der Waals surface area (Å²) < 4.78 is 13.4. The van der Waals surface area contributed by atoms with Gasteiger partial charge in [0.2, 0.25) is 0 Å². The molecule has 2 aliphatic rings. The van der Waals surface area contributed by atoms with Gasteiger partial charge >= 0.3 is 0 Å². The van der Waals surface area contributed by atoms with Crippen molar-refractivity contribution < 1.29 is 4.39 Å². The molecule has 1 N–H and O–H groups in total. The third-order valence-corrected chi connectivity index (χ3v) is 5.85. The summed E-state index contributed by atoms with van der Waals surface area (Å²) in [4.78, 5) is 5.13. The second kappa shape index (κ2) is 6.60. The molecular weight excluding hydrogens is 319 g/mol. The van der Waals surface area contributed by atoms with Crippen LogP contribution in [-0.4, -0.2) is 10.7 Å². The van der Waals surface area contributed by atoms with Gasteiger partial charge in [0, 0.05) is 17.0 Å². The number of aliphatic imine (C=N–C) groups is 1. The maximum atomic E-state index is 13.4. The summed E-state index contributed by atoms with van der Waals surface area (Å²) in [5, 5.41) is 4.77. The Kier molecular flexibility index (Phi) is 4.31. The topological polar surface area (TPSA) is 24.4 Å². The average Bonchev–Trinajstić information content (AvgIpc) is 2.60. The Bertz CT molecular complexity index is 766. The van der Waals surface area contributed by atoms with Gasteiger partial charge in [0.05, 0.1) is 0 Å². The predicted octanol–water partition coefficient (Wildman–Crippen LogP) is 5.59. The first kappa shape index (κ1) is 15.7. The fourth-order valence-corrected chi connectivity index (χ4v) is 4.63. The smallest absolute Gasteiger partial charge is 0.130 e. The number of para-hydroxylation sites is 1. The van der Waals surface area contributed by atoms with Crippen LogP contribution < -0.4 is 5.32 Å². The minimum Gasteiger partial charge on any atom is -0.361 e. The lowest BCUT2D eigenvalue weighted by molar-refractivity contribution is 0.335. The van der Waals surface area contributed by atoms with Crippen molar-refractivity contribution in [3.8, 4) is 0 Å². The van der Waals surface area contributed by atoms with Crippen LogP contribution in [0.3, 0.4) is 0 Å². The molecule has 1 saturated carbocycles. The molecule has 124 valence electrons. The van der Waals surface area contributed by atoms with Gasteiger partial charge in [-0.2, -0.15) is 0 Å². The van der Waals surface area contributed by atoms with Crippen LogP contribution >= 0.6 is 11.8 Å². The molecule has 1 aliphatic heterocycles. The van der Waals surface area contributed by atoms with Crippen molar-refractivity contribution in [2.24, 2.45) is 4.99 Å². The monoisotopic (exact) mass is 340 g/mol. The maximum Gasteiger partial charge on any atom is 0.130 e. The molecule has 0 aromatic heterocycles. The van der Waals surface area contributed by atoms with Gasteiger partial charge in [0.25, 0.3) is 0 Å². The molecule has 1 heterocycles. The Morgan fingerprint density at radius 3 is 2.71 bits per heavy atom. The highest BCUT2D eigenvalue weighted by molar-refractivity contribution is 8.13. The molecule has 2 aromatic rings. The van der Waals surface area contributed by atoms with Crippen LogP contribution in [0.25, 0.3) is 0 Å². The molecule has 0 radical (unpaired) electrons. The van der Waals surface area contributed by atoms with E-state index in [9.17, 15) is 4.39 Å². The first-order valence-electron chi connectivity index (χ1n) is 8.59. The molecule has 1 fully saturated rings. The van der Waals surface area contributed by atoms with Crippen molar-refractivity contribution in [3.05, 3.63) is 65.5 Å². The van der Waals surface area contributed by atoms with Gasteiger partial charge in [0.1, 0.15) is 16.5 Å². The van der Waals surface area contributed by atoms with E-state index >= 15 is 0 Å². The first-order chi connectivity index (χ1) is 11.7. The van der Waals surface area contributed by atoms with Crippen LogP contribution in [0.15, 0.2) is 53.5 Å². The number of halogens is 1. The normalized spacial score (nSPS) is 18.6. The number of fused-ring (bicyclic) bond motifs is 1. The van der Waals surface area contributed by atoms with Gasteiger partial charge in [0.15, 0.2) is 0 Å². The van der Waals surface area contributed by atoms with E-state index in [-0.39, 0.29) is 11.5 Å². The highest BCUT2D eigenvalue weighted by atomic mass is 32.2. The summed E-state index contributed by atoms with van der Waals surface area (Å²) in [6, 6.07) is 15.2. The number of nitrogens with one attached hydrogen (secondary N) is 1. The lowest BCUT2D eigenvalue weighted by atomic mass is 9.88. The highest BCUT2D eigenvalue weighted by Crippen LogP contribution is 2.40. The van der Waals surface area contributed by atoms with Crippen molar-refractivity contribution in [3.63, 3.8) is 0 Å². The SMILES string of the molecule is Fc1cccc(CSC2=NC3(CCCCC3)Nc3ccccc32)c1. The van der Waals surface area contributed by atoms with Crippen LogP contribution in [-0.2, 0) is 5.75 Å². The van der Waals surface area contributed by atoms with Gasteiger partial charge in [-0.15, -0.1) is 11.8 Å². The van der Waals surface area contributed by atoms with Crippen molar-refractivity contribution in [2.45, 2.75) is 43.5 Å². The number of hydrogen-bond donors (Lipinski definition) is 1. The van der Waals surface area contributed by atoms with E-state index in [2.05, 4.69) is 29.6 Å². The number of nitrogens with zero attached hydrogens (tertiary/aromatic N) is 1. The molecule has 1 aliphatic carbocycles. The summed E-state index contributed by atoms with van der Waals surface area (Å²) >= 11 is 1.71. The standard InChI is InChI=1S/C20H21FN2S/c21-16-8-6-7-15(13-16)14-24-19-17-9-2-3-10-18(17)22-20(23-19)11-4-1-5-12-20/h2-3,6-10,13,22H,1,4-5,11-12,14H2. The van der Waals surface area contributed by atoms with E-state index in [1.54, 1.807) is 23.9 Å². The Hall–Kier alpha value is -1.81. The molecule has 4 rings (SSSR count). The Morgan fingerprint density at radius 1 is 1.04 bits per heavy atom. The fourth-order valence-electron chi connectivity index (χ4n) is 3.57. The molecule has 0 unspecified atom stereocenters. The number of anilines is 1. The van der Waals surface area contributed by atoms with Crippen molar-refractivity contribution in [1.82, 2.24) is 0 Å². The number of thioether (sulfide) groups is 1. The quantitative estimate of drug-likeness (QED) is 0.770. The fraction of sp³-hybridized carbons (Fsp3) is 0.350. The summed E-state index contributed by atoms with van der Waals surface area (Å²) in [7, 11) is 0. The van der Waals surface area contributed by atoms with E-state index in [0.717, 1.165) is 34.8 Å². The van der Waals surface area contributed by atoms with Crippen LogP contribution in [0.1, 0.15) is 43.2 Å². The van der Waals surface area contributed by atoms with E-state index in [4.69, 9.17) is 4.99 Å². The van der Waals surface area contributed by atoms with Crippen molar-refractivity contribution in [2.75, 3.05) is 5.32 Å². The third kappa shape index (κ3) is 3.20. The lowest BCUT2D eigenvalue weighted by Crippen LogP contribution is -2.42. The summed E-state index contributed by atoms with van der Waals surface area (Å²) in [5.41, 5.74) is 3.19. The van der Waals surface area contributed by atoms with Gasteiger partial charge in [-0.3, -0.25) is 0 Å². The molecule has 2 nitrogen and oxygen atoms in total. The Balaban J connectivity index is 1.62. The van der Waals surface area contributed by atoms with Crippen molar-refractivity contribution >= 4 is 22.5 Å². The number of hydrogen-bond acceptors (Lipinski definition) is 3. The third-order valence-electron chi connectivity index (χ3n) is 4.79. The molecule has 24 heavy (non-hydrogen) atoms. The summed E-state index contributed by atoms with van der Waals surface area (Å²) in [6.07, 6.45) is 5.92. The second-order valence-corrected chi connectivity index (χ2v) is 7.56. The number of rotatable bonds is 2. The van der Waals surface area contributed by atoms with E-state index in [1.807, 2.05) is 6.07 Å². The van der Waals surface area contributed by atoms with Gasteiger partial charge in [-0.1, -0.05) is 36.8 Å². The first-order valence-corrected chi connectivity index (χ1v) is 9.57. The lowest BCUT2D eigenvalue weighted by Gasteiger charge is -2.39. The van der Waals surface area contributed by atoms with Crippen LogP contribution in [0.2, 0.25) is 0 Å². The van der Waals surface area contributed by atoms with Crippen LogP contribution in [0, 0.1) is 5.82 Å². The van der Waals surface area contributed by atoms with Gasteiger partial charge in [-0.05, 0) is 49.4 Å². The van der Waals surface area contributed by atoms with Gasteiger partial charge < -0.3 is 5.32 Å². The van der Waals surface area contributed by atoms with E-state index < -0.39 is 0 Å². The zero-order valence-electron chi connectivity index (χ0n) is 13.6. The van der Waals surface area contributed by atoms with Crippen LogP contribution in [0.4, 0.5) is 10.1 Å². The molecule has 0 atom stereocenters. The minimum absolute atomic E-state index is 0.142. The molecular formula is C20H21FN2S. The predicted molar refractivity (Wildman–Crippen MR) is 100 cm³/mol.